The van der Waals surface area contributed by atoms with E-state index in [0.717, 1.165) is 28.4 Å². The number of carboxylic acid groups (broad SMARTS) is 1. The first-order chi connectivity index (χ1) is 15.8. The van der Waals surface area contributed by atoms with E-state index in [0.29, 0.717) is 45.1 Å². The second-order valence-electron chi connectivity index (χ2n) is 7.28. The minimum absolute atomic E-state index is 0.330. The van der Waals surface area contributed by atoms with E-state index in [2.05, 4.69) is 19.9 Å². The van der Waals surface area contributed by atoms with E-state index in [9.17, 15) is 14.3 Å². The molecule has 2 heterocycles. The smallest absolute Gasteiger partial charge is 0.339 e. The molecule has 6 nitrogen and oxygen atoms in total. The van der Waals surface area contributed by atoms with Gasteiger partial charge in [0.15, 0.2) is 0 Å². The predicted molar refractivity (Wildman–Crippen MR) is 131 cm³/mol. The molecule has 0 unspecified atom stereocenters. The third-order valence-electron chi connectivity index (χ3n) is 5.26. The van der Waals surface area contributed by atoms with E-state index >= 15 is 0 Å². The number of fused-ring (bicyclic) bond motifs is 1. The van der Waals surface area contributed by atoms with Crippen LogP contribution in [-0.4, -0.2) is 38.4 Å². The first-order valence-electron chi connectivity index (χ1n) is 9.91. The fraction of sp³-hybridized carbons (Fsp3) is 0.174. The van der Waals surface area contributed by atoms with Gasteiger partial charge in [0.2, 0.25) is 0 Å². The molecule has 0 saturated heterocycles. The van der Waals surface area contributed by atoms with Gasteiger partial charge in [0.1, 0.15) is 23.5 Å². The molecule has 0 aliphatic carbocycles. The summed E-state index contributed by atoms with van der Waals surface area (Å²) in [5.41, 5.74) is 2.53. The Labute approximate surface area is 203 Å². The molecule has 0 saturated carbocycles. The fourth-order valence-corrected chi connectivity index (χ4v) is 4.83. The lowest BCUT2D eigenvalue weighted by Crippen LogP contribution is -2.12. The van der Waals surface area contributed by atoms with Crippen molar-refractivity contribution in [3.63, 3.8) is 0 Å². The van der Waals surface area contributed by atoms with Crippen LogP contribution in [0, 0.1) is 12.7 Å². The zero-order valence-corrected chi connectivity index (χ0v) is 20.0. The first-order valence-corrected chi connectivity index (χ1v) is 11.9. The molecule has 2 N–H and O–H groups in total. The number of hydrogen-bond donors (Lipinski definition) is 2. The van der Waals surface area contributed by atoms with Crippen LogP contribution in [0.3, 0.4) is 0 Å². The third kappa shape index (κ3) is 4.64. The van der Waals surface area contributed by atoms with Gasteiger partial charge in [0, 0.05) is 40.7 Å². The van der Waals surface area contributed by atoms with Crippen molar-refractivity contribution in [1.82, 2.24) is 14.5 Å². The summed E-state index contributed by atoms with van der Waals surface area (Å²) in [5, 5.41) is 14.7. The molecule has 2 aromatic carbocycles. The highest BCUT2D eigenvalue weighted by molar-refractivity contribution is 7.98. The molecule has 4 rings (SSSR count). The zero-order valence-electron chi connectivity index (χ0n) is 17.7. The Morgan fingerprint density at radius 3 is 2.67 bits per heavy atom. The largest absolute Gasteiger partial charge is 0.478 e. The monoisotopic (exact) mass is 504 g/mol. The van der Waals surface area contributed by atoms with E-state index in [4.69, 9.17) is 23.2 Å². The van der Waals surface area contributed by atoms with Crippen molar-refractivity contribution in [2.45, 2.75) is 18.4 Å². The molecule has 0 amide bonds. The zero-order chi connectivity index (χ0) is 23.7. The lowest BCUT2D eigenvalue weighted by atomic mass is 10.1. The van der Waals surface area contributed by atoms with E-state index in [1.807, 2.05) is 13.0 Å². The minimum Gasteiger partial charge on any atom is -0.478 e. The number of rotatable bonds is 7. The van der Waals surface area contributed by atoms with Crippen LogP contribution in [0.15, 0.2) is 47.6 Å². The maximum absolute atomic E-state index is 14.4. The van der Waals surface area contributed by atoms with Crippen molar-refractivity contribution in [1.29, 1.82) is 0 Å². The summed E-state index contributed by atoms with van der Waals surface area (Å²) in [5.74, 6) is -1.54. The topological polar surface area (TPSA) is 80.0 Å². The van der Waals surface area contributed by atoms with Crippen molar-refractivity contribution in [3.8, 4) is 11.3 Å². The normalized spacial score (nSPS) is 11.2. The van der Waals surface area contributed by atoms with E-state index in [1.54, 1.807) is 30.5 Å². The second-order valence-corrected chi connectivity index (χ2v) is 8.95. The summed E-state index contributed by atoms with van der Waals surface area (Å²) >= 11 is 13.9. The quantitative estimate of drug-likeness (QED) is 0.284. The van der Waals surface area contributed by atoms with Gasteiger partial charge in [-0.05, 0) is 43.5 Å². The summed E-state index contributed by atoms with van der Waals surface area (Å²) < 4.78 is 16.5. The summed E-state index contributed by atoms with van der Waals surface area (Å²) in [4.78, 5) is 20.2. The van der Waals surface area contributed by atoms with Gasteiger partial charge in [-0.15, -0.1) is 11.8 Å². The number of aromatic carboxylic acids is 1. The van der Waals surface area contributed by atoms with Gasteiger partial charge < -0.3 is 15.0 Å². The summed E-state index contributed by atoms with van der Waals surface area (Å²) in [7, 11) is 0. The number of aromatic nitrogens is 3. The van der Waals surface area contributed by atoms with Gasteiger partial charge in [-0.3, -0.25) is 0 Å². The van der Waals surface area contributed by atoms with Crippen molar-refractivity contribution in [2.75, 3.05) is 18.1 Å². The highest BCUT2D eigenvalue weighted by Gasteiger charge is 2.18. The Morgan fingerprint density at radius 1 is 1.18 bits per heavy atom. The Balaban J connectivity index is 1.55. The molecule has 10 heteroatoms. The molecule has 33 heavy (non-hydrogen) atoms. The third-order valence-corrected chi connectivity index (χ3v) is 6.65. The number of nitrogens with one attached hydrogen (secondary N) is 1. The van der Waals surface area contributed by atoms with E-state index in [1.165, 1.54) is 12.4 Å². The average Bonchev–Trinajstić information content (AvgIpc) is 3.13. The maximum Gasteiger partial charge on any atom is 0.339 e. The van der Waals surface area contributed by atoms with Gasteiger partial charge in [0.05, 0.1) is 21.3 Å². The maximum atomic E-state index is 14.4. The van der Waals surface area contributed by atoms with Crippen LogP contribution in [0.25, 0.3) is 22.2 Å². The highest BCUT2D eigenvalue weighted by atomic mass is 35.5. The fourth-order valence-electron chi connectivity index (χ4n) is 3.73. The lowest BCUT2D eigenvalue weighted by molar-refractivity contribution is 0.0688. The summed E-state index contributed by atoms with van der Waals surface area (Å²) in [6.07, 6.45) is 3.08. The molecule has 0 fully saturated rings. The highest BCUT2D eigenvalue weighted by Crippen LogP contribution is 2.33. The van der Waals surface area contributed by atoms with Crippen LogP contribution in [0.2, 0.25) is 10.0 Å². The van der Waals surface area contributed by atoms with Gasteiger partial charge in [-0.1, -0.05) is 23.2 Å². The van der Waals surface area contributed by atoms with Crippen LogP contribution < -0.4 is 5.32 Å². The number of aryl methyl sites for hydroxylation is 1. The van der Waals surface area contributed by atoms with Crippen molar-refractivity contribution < 1.29 is 14.3 Å². The van der Waals surface area contributed by atoms with E-state index in [-0.39, 0.29) is 5.56 Å². The molecule has 0 aliphatic rings. The molecule has 0 bridgehead atoms. The number of carboxylic acids is 1. The molecular formula is C23H19Cl2FN4O2S. The summed E-state index contributed by atoms with van der Waals surface area (Å²) in [6, 6.07) is 10.1. The van der Waals surface area contributed by atoms with E-state index < -0.39 is 11.8 Å². The molecule has 0 spiro atoms. The second kappa shape index (κ2) is 9.59. The number of carbonyl (C=O) groups is 1. The van der Waals surface area contributed by atoms with Crippen molar-refractivity contribution in [2.24, 2.45) is 0 Å². The van der Waals surface area contributed by atoms with Crippen LogP contribution in [0.4, 0.5) is 10.2 Å². The van der Waals surface area contributed by atoms with Crippen molar-refractivity contribution >= 4 is 57.7 Å². The number of halogens is 3. The Bertz CT molecular complexity index is 1380. The first kappa shape index (κ1) is 23.4. The standard InChI is InChI=1S/C23H19Cl2FN4O2S/c1-12-7-14-15(24)3-4-16(25)22(14)30(12)6-5-27-20-10-18(28-11-29-20)13-8-17(26)21(23(31)32)19(9-13)33-2/h3-4,7-11H,5-6H2,1-2H3,(H,31,32)(H,27,28,29). The summed E-state index contributed by atoms with van der Waals surface area (Å²) in [6.45, 7) is 3.16. The SMILES string of the molecule is CSc1cc(-c2cc(NCCn3c(C)cc4c(Cl)ccc(Cl)c43)ncn2)cc(F)c1C(=O)O. The van der Waals surface area contributed by atoms with Crippen molar-refractivity contribution in [3.05, 3.63) is 69.8 Å². The number of anilines is 1. The molecule has 0 atom stereocenters. The number of nitrogens with zero attached hydrogens (tertiary/aromatic N) is 3. The van der Waals surface area contributed by atoms with Gasteiger partial charge >= 0.3 is 5.97 Å². The Kier molecular flexibility index (Phi) is 6.78. The van der Waals surface area contributed by atoms with Crippen LogP contribution in [0.5, 0.6) is 0 Å². The number of benzene rings is 2. The average molecular weight is 505 g/mol. The molecule has 0 aliphatic heterocycles. The lowest BCUT2D eigenvalue weighted by Gasteiger charge is -2.12. The van der Waals surface area contributed by atoms with Gasteiger partial charge in [-0.2, -0.15) is 0 Å². The molecule has 2 aromatic heterocycles. The molecule has 0 radical (unpaired) electrons. The molecular weight excluding hydrogens is 486 g/mol. The van der Waals surface area contributed by atoms with Gasteiger partial charge in [0.25, 0.3) is 0 Å². The van der Waals surface area contributed by atoms with Crippen LogP contribution in [-0.2, 0) is 6.54 Å². The number of hydrogen-bond acceptors (Lipinski definition) is 5. The van der Waals surface area contributed by atoms with Gasteiger partial charge in [-0.25, -0.2) is 19.2 Å². The molecule has 4 aromatic rings. The molecule has 170 valence electrons. The number of thioether (sulfide) groups is 1. The Morgan fingerprint density at radius 2 is 1.94 bits per heavy atom. The van der Waals surface area contributed by atoms with Crippen LogP contribution >= 0.6 is 35.0 Å². The van der Waals surface area contributed by atoms with Crippen LogP contribution in [0.1, 0.15) is 16.1 Å². The Hall–Kier alpha value is -2.81. The predicted octanol–water partition coefficient (Wildman–Crippen LogP) is 6.38. The minimum atomic E-state index is -1.30.